The summed E-state index contributed by atoms with van der Waals surface area (Å²) in [5.74, 6) is 0.679. The molecule has 0 bridgehead atoms. The fraction of sp³-hybridized carbons (Fsp3) is 0.556. The van der Waals surface area contributed by atoms with Crippen LogP contribution in [0.15, 0.2) is 29.3 Å². The van der Waals surface area contributed by atoms with E-state index in [0.717, 1.165) is 37.6 Å². The summed E-state index contributed by atoms with van der Waals surface area (Å²) in [6.45, 7) is 5.07. The topological polar surface area (TPSA) is 109 Å². The fourth-order valence-corrected chi connectivity index (χ4v) is 3.00. The van der Waals surface area contributed by atoms with Crippen molar-refractivity contribution >= 4 is 47.3 Å². The standard InChI is InChI=1S/C18H27N5O4.HI/c1-3-27-17(24)14-8-12-22(13-9-14)18(19-2)21-11-10-20-15-4-6-16(7-5-15)23(25)26;/h4-7,14,20H,3,8-13H2,1-2H3,(H,19,21);1H. The number of esters is 1. The molecule has 0 saturated carbocycles. The van der Waals surface area contributed by atoms with Gasteiger partial charge in [0.1, 0.15) is 0 Å². The van der Waals surface area contributed by atoms with Crippen LogP contribution in [0, 0.1) is 16.0 Å². The van der Waals surface area contributed by atoms with E-state index in [1.165, 1.54) is 12.1 Å². The highest BCUT2D eigenvalue weighted by molar-refractivity contribution is 14.0. The van der Waals surface area contributed by atoms with Gasteiger partial charge in [0.2, 0.25) is 0 Å². The maximum Gasteiger partial charge on any atom is 0.309 e. The lowest BCUT2D eigenvalue weighted by Gasteiger charge is -2.33. The Bertz CT molecular complexity index is 660. The Kier molecular flexibility index (Phi) is 10.6. The van der Waals surface area contributed by atoms with Gasteiger partial charge in [-0.15, -0.1) is 24.0 Å². The number of likely N-dealkylation sites (tertiary alicyclic amines) is 1. The van der Waals surface area contributed by atoms with E-state index in [9.17, 15) is 14.9 Å². The zero-order chi connectivity index (χ0) is 19.6. The van der Waals surface area contributed by atoms with Gasteiger partial charge in [-0.05, 0) is 31.9 Å². The molecule has 0 atom stereocenters. The molecule has 0 aliphatic carbocycles. The molecule has 1 aromatic carbocycles. The van der Waals surface area contributed by atoms with Crippen molar-refractivity contribution in [1.29, 1.82) is 0 Å². The van der Waals surface area contributed by atoms with Crippen molar-refractivity contribution in [2.75, 3.05) is 45.2 Å². The lowest BCUT2D eigenvalue weighted by atomic mass is 9.97. The number of piperidine rings is 1. The van der Waals surface area contributed by atoms with Crippen LogP contribution in [0.4, 0.5) is 11.4 Å². The molecule has 2 rings (SSSR count). The smallest absolute Gasteiger partial charge is 0.309 e. The molecule has 1 aromatic rings. The number of benzene rings is 1. The number of guanidine groups is 1. The van der Waals surface area contributed by atoms with Gasteiger partial charge in [0.05, 0.1) is 17.4 Å². The number of ether oxygens (including phenoxy) is 1. The monoisotopic (exact) mass is 505 g/mol. The number of aliphatic imine (C=N–C) groups is 1. The number of nitro benzene ring substituents is 1. The zero-order valence-electron chi connectivity index (χ0n) is 16.2. The third kappa shape index (κ3) is 7.13. The summed E-state index contributed by atoms with van der Waals surface area (Å²) >= 11 is 0. The molecule has 0 unspecified atom stereocenters. The first-order chi connectivity index (χ1) is 13.0. The molecule has 0 radical (unpaired) electrons. The predicted molar refractivity (Wildman–Crippen MR) is 119 cm³/mol. The van der Waals surface area contributed by atoms with E-state index in [1.807, 2.05) is 6.92 Å². The van der Waals surface area contributed by atoms with Crippen LogP contribution in [-0.2, 0) is 9.53 Å². The lowest BCUT2D eigenvalue weighted by Crippen LogP contribution is -2.47. The minimum Gasteiger partial charge on any atom is -0.466 e. The Labute approximate surface area is 182 Å². The number of non-ortho nitro benzene ring substituents is 1. The van der Waals surface area contributed by atoms with Crippen molar-refractivity contribution < 1.29 is 14.5 Å². The minimum absolute atomic E-state index is 0. The van der Waals surface area contributed by atoms with Crippen LogP contribution in [0.2, 0.25) is 0 Å². The van der Waals surface area contributed by atoms with Gasteiger partial charge in [0.15, 0.2) is 5.96 Å². The Balaban J connectivity index is 0.00000392. The lowest BCUT2D eigenvalue weighted by molar-refractivity contribution is -0.384. The summed E-state index contributed by atoms with van der Waals surface area (Å²) in [5.41, 5.74) is 0.901. The van der Waals surface area contributed by atoms with Crippen molar-refractivity contribution in [2.24, 2.45) is 10.9 Å². The minimum atomic E-state index is -0.416. The van der Waals surface area contributed by atoms with Gasteiger partial charge in [0, 0.05) is 51.0 Å². The van der Waals surface area contributed by atoms with E-state index in [1.54, 1.807) is 19.2 Å². The number of anilines is 1. The number of hydrogen-bond acceptors (Lipinski definition) is 6. The van der Waals surface area contributed by atoms with E-state index in [2.05, 4.69) is 20.5 Å². The van der Waals surface area contributed by atoms with Gasteiger partial charge >= 0.3 is 5.97 Å². The van der Waals surface area contributed by atoms with Gasteiger partial charge in [-0.25, -0.2) is 0 Å². The van der Waals surface area contributed by atoms with Crippen LogP contribution >= 0.6 is 24.0 Å². The molecule has 1 fully saturated rings. The molecule has 1 saturated heterocycles. The summed E-state index contributed by atoms with van der Waals surface area (Å²) in [5, 5.41) is 17.2. The Morgan fingerprint density at radius 1 is 1.29 bits per heavy atom. The molecule has 9 nitrogen and oxygen atoms in total. The third-order valence-electron chi connectivity index (χ3n) is 4.44. The molecule has 0 spiro atoms. The Morgan fingerprint density at radius 3 is 2.46 bits per heavy atom. The van der Waals surface area contributed by atoms with E-state index >= 15 is 0 Å². The fourth-order valence-electron chi connectivity index (χ4n) is 3.00. The van der Waals surface area contributed by atoms with Crippen molar-refractivity contribution in [2.45, 2.75) is 19.8 Å². The molecule has 1 aliphatic heterocycles. The number of halogens is 1. The summed E-state index contributed by atoms with van der Waals surface area (Å²) < 4.78 is 5.10. The van der Waals surface area contributed by atoms with E-state index in [4.69, 9.17) is 4.74 Å². The second-order valence-corrected chi connectivity index (χ2v) is 6.22. The van der Waals surface area contributed by atoms with Crippen LogP contribution in [0.5, 0.6) is 0 Å². The SMILES string of the molecule is CCOC(=O)C1CCN(C(=NC)NCCNc2ccc([N+](=O)[O-])cc2)CC1.I. The first kappa shape index (κ1) is 23.9. The maximum absolute atomic E-state index is 11.8. The second kappa shape index (κ2) is 12.4. The number of nitrogens with zero attached hydrogens (tertiary/aromatic N) is 3. The van der Waals surface area contributed by atoms with Crippen molar-refractivity contribution in [3.05, 3.63) is 34.4 Å². The normalized spacial score (nSPS) is 14.8. The average molecular weight is 505 g/mol. The molecule has 2 N–H and O–H groups in total. The molecule has 0 amide bonds. The molecule has 10 heteroatoms. The first-order valence-corrected chi connectivity index (χ1v) is 9.15. The molecule has 156 valence electrons. The third-order valence-corrected chi connectivity index (χ3v) is 4.44. The second-order valence-electron chi connectivity index (χ2n) is 6.22. The van der Waals surface area contributed by atoms with E-state index in [-0.39, 0.29) is 41.6 Å². The zero-order valence-corrected chi connectivity index (χ0v) is 18.5. The number of rotatable bonds is 7. The number of carbonyl (C=O) groups is 1. The molecular weight excluding hydrogens is 477 g/mol. The largest absolute Gasteiger partial charge is 0.466 e. The summed E-state index contributed by atoms with van der Waals surface area (Å²) in [6.07, 6.45) is 1.53. The van der Waals surface area contributed by atoms with Crippen LogP contribution < -0.4 is 10.6 Å². The number of hydrogen-bond donors (Lipinski definition) is 2. The molecule has 0 aromatic heterocycles. The van der Waals surface area contributed by atoms with Crippen molar-refractivity contribution in [3.8, 4) is 0 Å². The van der Waals surface area contributed by atoms with Crippen LogP contribution in [0.3, 0.4) is 0 Å². The highest BCUT2D eigenvalue weighted by atomic mass is 127. The molecule has 28 heavy (non-hydrogen) atoms. The van der Waals surface area contributed by atoms with Crippen LogP contribution in [0.25, 0.3) is 0 Å². The summed E-state index contributed by atoms with van der Waals surface area (Å²) in [7, 11) is 1.74. The van der Waals surface area contributed by atoms with Crippen LogP contribution in [0.1, 0.15) is 19.8 Å². The molecular formula is C18H28IN5O4. The van der Waals surface area contributed by atoms with Gasteiger partial charge in [-0.2, -0.15) is 0 Å². The number of carbonyl (C=O) groups excluding carboxylic acids is 1. The van der Waals surface area contributed by atoms with E-state index in [0.29, 0.717) is 19.7 Å². The Hall–Kier alpha value is -2.11. The van der Waals surface area contributed by atoms with E-state index < -0.39 is 4.92 Å². The van der Waals surface area contributed by atoms with Gasteiger partial charge < -0.3 is 20.3 Å². The number of nitro groups is 1. The van der Waals surface area contributed by atoms with Gasteiger partial charge in [-0.1, -0.05) is 0 Å². The van der Waals surface area contributed by atoms with Crippen molar-refractivity contribution in [1.82, 2.24) is 10.2 Å². The molecule has 1 heterocycles. The number of nitrogens with one attached hydrogen (secondary N) is 2. The summed E-state index contributed by atoms with van der Waals surface area (Å²) in [6, 6.07) is 6.32. The Morgan fingerprint density at radius 2 is 1.93 bits per heavy atom. The summed E-state index contributed by atoms with van der Waals surface area (Å²) in [4.78, 5) is 28.5. The average Bonchev–Trinajstić information content (AvgIpc) is 2.69. The predicted octanol–water partition coefficient (Wildman–Crippen LogP) is 2.48. The molecule has 1 aliphatic rings. The van der Waals surface area contributed by atoms with Gasteiger partial charge in [-0.3, -0.25) is 19.9 Å². The quantitative estimate of drug-likeness (QED) is 0.112. The van der Waals surface area contributed by atoms with Crippen LogP contribution in [-0.4, -0.2) is 61.6 Å². The first-order valence-electron chi connectivity index (χ1n) is 9.15. The van der Waals surface area contributed by atoms with Gasteiger partial charge in [0.25, 0.3) is 5.69 Å². The van der Waals surface area contributed by atoms with Crippen molar-refractivity contribution in [3.63, 3.8) is 0 Å². The maximum atomic E-state index is 11.8. The highest BCUT2D eigenvalue weighted by Gasteiger charge is 2.27. The highest BCUT2D eigenvalue weighted by Crippen LogP contribution is 2.19.